The maximum Gasteiger partial charge on any atom is 0.0740 e. The van der Waals surface area contributed by atoms with Gasteiger partial charge < -0.3 is 4.74 Å². The Kier molecular flexibility index (Phi) is 3.53. The van der Waals surface area contributed by atoms with E-state index in [1.54, 1.807) is 11.3 Å². The normalized spacial score (nSPS) is 24.1. The summed E-state index contributed by atoms with van der Waals surface area (Å²) in [5.74, 6) is 0.478. The molecule has 0 spiro atoms. The summed E-state index contributed by atoms with van der Waals surface area (Å²) in [5.41, 5.74) is 0. The van der Waals surface area contributed by atoms with E-state index in [-0.39, 0.29) is 5.38 Å². The van der Waals surface area contributed by atoms with Gasteiger partial charge in [0.2, 0.25) is 0 Å². The quantitative estimate of drug-likeness (QED) is 0.745. The van der Waals surface area contributed by atoms with Crippen LogP contribution in [0.2, 0.25) is 0 Å². The lowest BCUT2D eigenvalue weighted by molar-refractivity contribution is 0.185. The number of rotatable bonds is 2. The van der Waals surface area contributed by atoms with Gasteiger partial charge in [-0.2, -0.15) is 0 Å². The van der Waals surface area contributed by atoms with Crippen molar-refractivity contribution in [2.24, 2.45) is 5.92 Å². The highest BCUT2D eigenvalue weighted by atomic mass is 79.9. The van der Waals surface area contributed by atoms with E-state index in [1.165, 1.54) is 9.75 Å². The molecule has 0 amide bonds. The van der Waals surface area contributed by atoms with E-state index < -0.39 is 0 Å². The van der Waals surface area contributed by atoms with Crippen molar-refractivity contribution in [3.63, 3.8) is 0 Å². The zero-order valence-electron chi connectivity index (χ0n) is 7.93. The molecule has 78 valence electrons. The van der Waals surface area contributed by atoms with Crippen molar-refractivity contribution in [2.45, 2.75) is 18.7 Å². The molecule has 1 saturated heterocycles. The lowest BCUT2D eigenvalue weighted by atomic mass is 10.0. The van der Waals surface area contributed by atoms with Crippen LogP contribution in [0.15, 0.2) is 10.5 Å². The van der Waals surface area contributed by atoms with Crippen LogP contribution in [0, 0.1) is 12.8 Å². The predicted molar refractivity (Wildman–Crippen MR) is 64.3 cm³/mol. The Labute approximate surface area is 102 Å². The number of hydrogen-bond donors (Lipinski definition) is 0. The highest BCUT2D eigenvalue weighted by molar-refractivity contribution is 9.10. The molecule has 0 aromatic carbocycles. The predicted octanol–water partition coefficient (Wildman–Crippen LogP) is 4.14. The monoisotopic (exact) mass is 294 g/mol. The van der Waals surface area contributed by atoms with Crippen molar-refractivity contribution in [3.05, 3.63) is 20.3 Å². The smallest absolute Gasteiger partial charge is 0.0740 e. The second kappa shape index (κ2) is 4.52. The summed E-state index contributed by atoms with van der Waals surface area (Å²) in [6, 6.07) is 2.13. The number of thiophene rings is 1. The van der Waals surface area contributed by atoms with Crippen molar-refractivity contribution in [3.8, 4) is 0 Å². The molecule has 2 atom stereocenters. The zero-order valence-corrected chi connectivity index (χ0v) is 11.1. The van der Waals surface area contributed by atoms with Gasteiger partial charge in [0.05, 0.1) is 12.0 Å². The maximum atomic E-state index is 6.43. The third kappa shape index (κ3) is 2.16. The van der Waals surface area contributed by atoms with E-state index in [1.807, 2.05) is 0 Å². The van der Waals surface area contributed by atoms with Crippen LogP contribution in [0.3, 0.4) is 0 Å². The zero-order chi connectivity index (χ0) is 10.1. The molecule has 0 bridgehead atoms. The lowest BCUT2D eigenvalue weighted by Crippen LogP contribution is -2.06. The SMILES string of the molecule is Cc1cc(Br)c(C(Cl)C2CCOC2)s1. The van der Waals surface area contributed by atoms with Crippen LogP contribution in [0.4, 0.5) is 0 Å². The first-order chi connectivity index (χ1) is 6.68. The van der Waals surface area contributed by atoms with E-state index in [4.69, 9.17) is 16.3 Å². The van der Waals surface area contributed by atoms with Gasteiger partial charge in [-0.05, 0) is 35.3 Å². The Balaban J connectivity index is 2.17. The minimum atomic E-state index is 0.102. The van der Waals surface area contributed by atoms with Crippen LogP contribution in [0.5, 0.6) is 0 Å². The van der Waals surface area contributed by atoms with Gasteiger partial charge in [-0.25, -0.2) is 0 Å². The average Bonchev–Trinajstić information content (AvgIpc) is 2.73. The summed E-state index contributed by atoms with van der Waals surface area (Å²) in [6.07, 6.45) is 1.08. The Hall–Kier alpha value is 0.430. The first kappa shape index (κ1) is 10.9. The van der Waals surface area contributed by atoms with Gasteiger partial charge >= 0.3 is 0 Å². The molecule has 1 aliphatic heterocycles. The van der Waals surface area contributed by atoms with Gasteiger partial charge in [0.25, 0.3) is 0 Å². The highest BCUT2D eigenvalue weighted by Crippen LogP contribution is 2.42. The Bertz CT molecular complexity index is 320. The van der Waals surface area contributed by atoms with Crippen molar-refractivity contribution in [2.75, 3.05) is 13.2 Å². The highest BCUT2D eigenvalue weighted by Gasteiger charge is 2.27. The Morgan fingerprint density at radius 3 is 3.00 bits per heavy atom. The molecular formula is C10H12BrClOS. The summed E-state index contributed by atoms with van der Waals surface area (Å²) in [4.78, 5) is 2.55. The van der Waals surface area contributed by atoms with Crippen LogP contribution in [0.1, 0.15) is 21.6 Å². The van der Waals surface area contributed by atoms with Gasteiger partial charge in [-0.3, -0.25) is 0 Å². The van der Waals surface area contributed by atoms with E-state index >= 15 is 0 Å². The van der Waals surface area contributed by atoms with Crippen molar-refractivity contribution < 1.29 is 4.74 Å². The summed E-state index contributed by atoms with van der Waals surface area (Å²) in [5, 5.41) is 0.102. The summed E-state index contributed by atoms with van der Waals surface area (Å²) >= 11 is 11.8. The Morgan fingerprint density at radius 2 is 2.50 bits per heavy atom. The molecule has 1 aromatic rings. The fourth-order valence-electron chi connectivity index (χ4n) is 1.69. The topological polar surface area (TPSA) is 9.23 Å². The van der Waals surface area contributed by atoms with Crippen LogP contribution in [-0.4, -0.2) is 13.2 Å². The number of ether oxygens (including phenoxy) is 1. The second-order valence-electron chi connectivity index (χ2n) is 3.59. The molecule has 0 aliphatic carbocycles. The van der Waals surface area contributed by atoms with Gasteiger partial charge in [0, 0.05) is 26.8 Å². The van der Waals surface area contributed by atoms with E-state index in [9.17, 15) is 0 Å². The number of aryl methyl sites for hydroxylation is 1. The molecule has 0 N–H and O–H groups in total. The first-order valence-electron chi connectivity index (χ1n) is 4.66. The average molecular weight is 296 g/mol. The first-order valence-corrected chi connectivity index (χ1v) is 6.70. The molecule has 14 heavy (non-hydrogen) atoms. The molecule has 2 heterocycles. The molecule has 2 rings (SSSR count). The molecule has 2 unspecified atom stereocenters. The molecule has 4 heteroatoms. The summed E-state index contributed by atoms with van der Waals surface area (Å²) in [6.45, 7) is 3.76. The van der Waals surface area contributed by atoms with E-state index in [0.29, 0.717) is 5.92 Å². The van der Waals surface area contributed by atoms with Crippen LogP contribution >= 0.6 is 38.9 Å². The minimum Gasteiger partial charge on any atom is -0.381 e. The summed E-state index contributed by atoms with van der Waals surface area (Å²) < 4.78 is 6.50. The van der Waals surface area contributed by atoms with Gasteiger partial charge in [0.1, 0.15) is 0 Å². The third-order valence-electron chi connectivity index (χ3n) is 2.47. The molecule has 0 radical (unpaired) electrons. The fraction of sp³-hybridized carbons (Fsp3) is 0.600. The number of halogens is 2. The van der Waals surface area contributed by atoms with Gasteiger partial charge in [0.15, 0.2) is 0 Å². The van der Waals surface area contributed by atoms with Gasteiger partial charge in [-0.1, -0.05) is 0 Å². The van der Waals surface area contributed by atoms with Crippen LogP contribution < -0.4 is 0 Å². The third-order valence-corrected chi connectivity index (χ3v) is 5.22. The molecule has 1 aromatic heterocycles. The minimum absolute atomic E-state index is 0.102. The maximum absolute atomic E-state index is 6.43. The molecule has 1 nitrogen and oxygen atoms in total. The second-order valence-corrected chi connectivity index (χ2v) is 6.21. The summed E-state index contributed by atoms with van der Waals surface area (Å²) in [7, 11) is 0. The van der Waals surface area contributed by atoms with Crippen molar-refractivity contribution in [1.29, 1.82) is 0 Å². The molecule has 1 fully saturated rings. The number of alkyl halides is 1. The number of hydrogen-bond acceptors (Lipinski definition) is 2. The van der Waals surface area contributed by atoms with Crippen LogP contribution in [0.25, 0.3) is 0 Å². The largest absolute Gasteiger partial charge is 0.381 e. The van der Waals surface area contributed by atoms with Crippen LogP contribution in [-0.2, 0) is 4.74 Å². The fourth-order valence-corrected chi connectivity index (χ4v) is 4.24. The van der Waals surface area contributed by atoms with Gasteiger partial charge in [-0.15, -0.1) is 22.9 Å². The van der Waals surface area contributed by atoms with E-state index in [0.717, 1.165) is 24.1 Å². The molecule has 0 saturated carbocycles. The Morgan fingerprint density at radius 1 is 1.71 bits per heavy atom. The lowest BCUT2D eigenvalue weighted by Gasteiger charge is -2.14. The molecular weight excluding hydrogens is 284 g/mol. The standard InChI is InChI=1S/C10H12BrClOS/c1-6-4-8(11)10(14-6)9(12)7-2-3-13-5-7/h4,7,9H,2-3,5H2,1H3. The van der Waals surface area contributed by atoms with Crippen molar-refractivity contribution >= 4 is 38.9 Å². The van der Waals surface area contributed by atoms with Crippen molar-refractivity contribution in [1.82, 2.24) is 0 Å². The van der Waals surface area contributed by atoms with E-state index in [2.05, 4.69) is 28.9 Å². The molecule has 1 aliphatic rings.